The molecule has 0 aliphatic carbocycles. The number of hydrogen-bond donors (Lipinski definition) is 3. The largest absolute Gasteiger partial charge is 0.396 e. The first-order chi connectivity index (χ1) is 11.5. The summed E-state index contributed by atoms with van der Waals surface area (Å²) < 4.78 is 1.74. The van der Waals surface area contributed by atoms with Crippen LogP contribution in [-0.4, -0.2) is 59.1 Å². The highest BCUT2D eigenvalue weighted by molar-refractivity contribution is 6.48. The molecule has 3 heterocycles. The number of rotatable bonds is 4. The van der Waals surface area contributed by atoms with Crippen LogP contribution in [0.25, 0.3) is 5.52 Å². The second kappa shape index (κ2) is 6.63. The summed E-state index contributed by atoms with van der Waals surface area (Å²) in [5, 5.41) is 15.4. The zero-order valence-electron chi connectivity index (χ0n) is 13.7. The van der Waals surface area contributed by atoms with Crippen molar-refractivity contribution in [2.45, 2.75) is 0 Å². The van der Waals surface area contributed by atoms with Crippen molar-refractivity contribution in [3.8, 4) is 0 Å². The molecule has 1 aliphatic heterocycles. The minimum atomic E-state index is 0.255. The van der Waals surface area contributed by atoms with Gasteiger partial charge in [-0.05, 0) is 32.3 Å². The summed E-state index contributed by atoms with van der Waals surface area (Å²) in [6.45, 7) is 1.53. The Balaban J connectivity index is 1.89. The van der Waals surface area contributed by atoms with Gasteiger partial charge in [0.1, 0.15) is 5.69 Å². The first kappa shape index (κ1) is 15.9. The van der Waals surface area contributed by atoms with Crippen molar-refractivity contribution >= 4 is 28.6 Å². The SMILES string of the molecule is CN(C)CCNC1=N/C(=N\c2cnn3ccccc23)C(N)=CC1=N. The van der Waals surface area contributed by atoms with Crippen LogP contribution in [0.4, 0.5) is 5.69 Å². The number of likely N-dealkylation sites (N-methyl/N-ethyl adjacent to an activating group) is 1. The van der Waals surface area contributed by atoms with Crippen molar-refractivity contribution in [1.82, 2.24) is 19.8 Å². The molecule has 2 aromatic heterocycles. The molecule has 124 valence electrons. The van der Waals surface area contributed by atoms with Crippen LogP contribution in [-0.2, 0) is 0 Å². The van der Waals surface area contributed by atoms with Crippen LogP contribution >= 0.6 is 0 Å². The van der Waals surface area contributed by atoms with Crippen LogP contribution in [0.1, 0.15) is 0 Å². The van der Waals surface area contributed by atoms with Gasteiger partial charge in [0, 0.05) is 19.3 Å². The first-order valence-electron chi connectivity index (χ1n) is 7.59. The first-order valence-corrected chi connectivity index (χ1v) is 7.59. The van der Waals surface area contributed by atoms with E-state index in [1.807, 2.05) is 38.5 Å². The highest BCUT2D eigenvalue weighted by Gasteiger charge is 2.16. The van der Waals surface area contributed by atoms with Gasteiger partial charge in [-0.2, -0.15) is 5.10 Å². The number of aromatic nitrogens is 2. The van der Waals surface area contributed by atoms with Crippen LogP contribution in [0.15, 0.2) is 52.4 Å². The molecule has 8 heteroatoms. The number of amidine groups is 2. The average molecular weight is 324 g/mol. The molecule has 1 aliphatic rings. The van der Waals surface area contributed by atoms with Gasteiger partial charge in [-0.3, -0.25) is 5.41 Å². The average Bonchev–Trinajstić information content (AvgIpc) is 2.94. The number of aliphatic imine (C=N–C) groups is 2. The third kappa shape index (κ3) is 3.33. The summed E-state index contributed by atoms with van der Waals surface area (Å²) in [5.74, 6) is 0.860. The summed E-state index contributed by atoms with van der Waals surface area (Å²) >= 11 is 0. The number of nitrogens with one attached hydrogen (secondary N) is 2. The van der Waals surface area contributed by atoms with Gasteiger partial charge >= 0.3 is 0 Å². The summed E-state index contributed by atoms with van der Waals surface area (Å²) in [6.07, 6.45) is 5.09. The molecule has 0 radical (unpaired) electrons. The zero-order valence-corrected chi connectivity index (χ0v) is 13.7. The molecule has 0 unspecified atom stereocenters. The summed E-state index contributed by atoms with van der Waals surface area (Å²) in [6, 6.07) is 5.75. The van der Waals surface area contributed by atoms with E-state index in [9.17, 15) is 0 Å². The minimum absolute atomic E-state index is 0.255. The molecule has 0 saturated heterocycles. The lowest BCUT2D eigenvalue weighted by Crippen LogP contribution is -2.38. The van der Waals surface area contributed by atoms with E-state index in [1.54, 1.807) is 16.8 Å². The molecule has 0 spiro atoms. The maximum atomic E-state index is 8.00. The fraction of sp³-hybridized carbons (Fsp3) is 0.250. The maximum Gasteiger partial charge on any atom is 0.178 e. The molecular weight excluding hydrogens is 304 g/mol. The lowest BCUT2D eigenvalue weighted by atomic mass is 10.2. The number of nitrogens with zero attached hydrogens (tertiary/aromatic N) is 5. The van der Waals surface area contributed by atoms with Crippen molar-refractivity contribution in [1.29, 1.82) is 5.41 Å². The molecule has 0 amide bonds. The number of hydrogen-bond acceptors (Lipinski definition) is 6. The van der Waals surface area contributed by atoms with E-state index in [-0.39, 0.29) is 5.71 Å². The molecular formula is C16H20N8. The van der Waals surface area contributed by atoms with Crippen LogP contribution in [0, 0.1) is 5.41 Å². The normalized spacial score (nSPS) is 16.6. The van der Waals surface area contributed by atoms with Crippen molar-refractivity contribution in [3.63, 3.8) is 0 Å². The molecule has 2 aromatic rings. The van der Waals surface area contributed by atoms with E-state index in [0.29, 0.717) is 29.6 Å². The molecule has 4 N–H and O–H groups in total. The van der Waals surface area contributed by atoms with Gasteiger partial charge in [0.05, 0.1) is 23.1 Å². The van der Waals surface area contributed by atoms with Gasteiger partial charge in [0.15, 0.2) is 11.7 Å². The Kier molecular flexibility index (Phi) is 4.39. The molecule has 0 bridgehead atoms. The topological polar surface area (TPSA) is 107 Å². The monoisotopic (exact) mass is 324 g/mol. The predicted molar refractivity (Wildman–Crippen MR) is 96.3 cm³/mol. The van der Waals surface area contributed by atoms with Crippen molar-refractivity contribution < 1.29 is 0 Å². The summed E-state index contributed by atoms with van der Waals surface area (Å²) in [5.41, 5.74) is 8.17. The molecule has 3 rings (SSSR count). The number of fused-ring (bicyclic) bond motifs is 1. The third-order valence-electron chi connectivity index (χ3n) is 3.51. The highest BCUT2D eigenvalue weighted by atomic mass is 15.2. The van der Waals surface area contributed by atoms with Gasteiger partial charge in [-0.15, -0.1) is 0 Å². The Bertz CT molecular complexity index is 856. The third-order valence-corrected chi connectivity index (χ3v) is 3.51. The number of dihydropyridines is 1. The van der Waals surface area contributed by atoms with Crippen LogP contribution in [0.5, 0.6) is 0 Å². The Morgan fingerprint density at radius 3 is 3.00 bits per heavy atom. The van der Waals surface area contributed by atoms with E-state index in [4.69, 9.17) is 11.1 Å². The van der Waals surface area contributed by atoms with Gasteiger partial charge in [-0.25, -0.2) is 14.5 Å². The van der Waals surface area contributed by atoms with Crippen molar-refractivity contribution in [2.75, 3.05) is 27.2 Å². The van der Waals surface area contributed by atoms with E-state index in [2.05, 4.69) is 25.3 Å². The van der Waals surface area contributed by atoms with Crippen molar-refractivity contribution in [3.05, 3.63) is 42.4 Å². The van der Waals surface area contributed by atoms with Crippen LogP contribution in [0.3, 0.4) is 0 Å². The minimum Gasteiger partial charge on any atom is -0.396 e. The van der Waals surface area contributed by atoms with Crippen LogP contribution < -0.4 is 11.1 Å². The fourth-order valence-electron chi connectivity index (χ4n) is 2.26. The lowest BCUT2D eigenvalue weighted by Gasteiger charge is -2.16. The Labute approximate surface area is 139 Å². The van der Waals surface area contributed by atoms with Gasteiger partial charge < -0.3 is 16.0 Å². The van der Waals surface area contributed by atoms with Gasteiger partial charge in [-0.1, -0.05) is 6.07 Å². The second-order valence-electron chi connectivity index (χ2n) is 5.70. The molecule has 0 aromatic carbocycles. The molecule has 0 atom stereocenters. The fourth-order valence-corrected chi connectivity index (χ4v) is 2.26. The Hall–Kier alpha value is -3.00. The van der Waals surface area contributed by atoms with E-state index in [1.165, 1.54) is 0 Å². The molecule has 24 heavy (non-hydrogen) atoms. The smallest absolute Gasteiger partial charge is 0.178 e. The molecule has 0 saturated carbocycles. The van der Waals surface area contributed by atoms with E-state index >= 15 is 0 Å². The summed E-state index contributed by atoms with van der Waals surface area (Å²) in [7, 11) is 3.98. The quantitative estimate of drug-likeness (QED) is 0.773. The Morgan fingerprint density at radius 1 is 1.38 bits per heavy atom. The predicted octanol–water partition coefficient (Wildman–Crippen LogP) is 0.790. The van der Waals surface area contributed by atoms with E-state index in [0.717, 1.165) is 12.1 Å². The van der Waals surface area contributed by atoms with E-state index < -0.39 is 0 Å². The highest BCUT2D eigenvalue weighted by Crippen LogP contribution is 2.21. The maximum absolute atomic E-state index is 8.00. The van der Waals surface area contributed by atoms with Crippen LogP contribution in [0.2, 0.25) is 0 Å². The van der Waals surface area contributed by atoms with Gasteiger partial charge in [0.2, 0.25) is 0 Å². The lowest BCUT2D eigenvalue weighted by molar-refractivity contribution is 0.413. The number of pyridine rings is 1. The molecule has 8 nitrogen and oxygen atoms in total. The zero-order chi connectivity index (χ0) is 17.1. The Morgan fingerprint density at radius 2 is 2.21 bits per heavy atom. The molecule has 0 fully saturated rings. The second-order valence-corrected chi connectivity index (χ2v) is 5.70. The van der Waals surface area contributed by atoms with Crippen molar-refractivity contribution in [2.24, 2.45) is 15.7 Å². The number of nitrogens with two attached hydrogens (primary N) is 1. The standard InChI is InChI=1S/C16H20N8/c1-23(2)8-6-19-15-11(17)9-12(18)16(22-15)21-13-10-20-24-7-4-3-5-14(13)24/h3-5,7,9-10,17H,6,8,18H2,1-2H3,(H,19,21,22). The summed E-state index contributed by atoms with van der Waals surface area (Å²) in [4.78, 5) is 11.0. The van der Waals surface area contributed by atoms with Gasteiger partial charge in [0.25, 0.3) is 0 Å².